The number of rotatable bonds is 4. The van der Waals surface area contributed by atoms with E-state index >= 15 is 0 Å². The van der Waals surface area contributed by atoms with Crippen LogP contribution in [-0.2, 0) is 9.59 Å². The van der Waals surface area contributed by atoms with Gasteiger partial charge in [0.1, 0.15) is 19.1 Å². The van der Waals surface area contributed by atoms with E-state index in [-0.39, 0.29) is 11.8 Å². The fraction of sp³-hybridized carbons (Fsp3) is 0.286. The molecule has 2 amide bonds. The number of hydrogen-bond donors (Lipinski definition) is 2. The van der Waals surface area contributed by atoms with Crippen LogP contribution >= 0.6 is 0 Å². The molecule has 2 aliphatic heterocycles. The molecule has 0 bridgehead atoms. The largest absolute Gasteiger partial charge is 0.486 e. The van der Waals surface area contributed by atoms with Crippen molar-refractivity contribution in [2.75, 3.05) is 19.8 Å². The lowest BCUT2D eigenvalue weighted by Crippen LogP contribution is -2.35. The first-order valence-corrected chi connectivity index (χ1v) is 9.20. The average Bonchev–Trinajstić information content (AvgIpc) is 3.13. The Morgan fingerprint density at radius 3 is 2.64 bits per heavy atom. The predicted molar refractivity (Wildman–Crippen MR) is 103 cm³/mol. The lowest BCUT2D eigenvalue weighted by molar-refractivity contribution is -0.133. The second-order valence-electron chi connectivity index (χ2n) is 6.77. The number of carbonyl (C=O) groups excluding carboxylic acids is 2. The summed E-state index contributed by atoms with van der Waals surface area (Å²) in [6.45, 7) is 3.25. The lowest BCUT2D eigenvalue weighted by Gasteiger charge is -2.19. The molecule has 7 nitrogen and oxygen atoms in total. The molecular formula is C21H21N3O4. The van der Waals surface area contributed by atoms with Crippen molar-refractivity contribution >= 4 is 17.5 Å². The third kappa shape index (κ3) is 3.55. The minimum atomic E-state index is -0.806. The fourth-order valence-corrected chi connectivity index (χ4v) is 3.47. The highest BCUT2D eigenvalue weighted by Gasteiger charge is 2.41. The molecule has 7 heteroatoms. The van der Waals surface area contributed by atoms with E-state index in [2.05, 4.69) is 15.8 Å². The SMILES string of the molecule is C/C(=N/NC(=O)C1C(=O)NCC1c1ccccc1)c1ccc2c(c1)OCCO2. The normalized spacial score (nSPS) is 21.2. The Kier molecular flexibility index (Phi) is 4.97. The summed E-state index contributed by atoms with van der Waals surface area (Å²) in [6.07, 6.45) is 0. The van der Waals surface area contributed by atoms with Crippen molar-refractivity contribution in [1.29, 1.82) is 0 Å². The second-order valence-corrected chi connectivity index (χ2v) is 6.77. The van der Waals surface area contributed by atoms with Gasteiger partial charge in [0.25, 0.3) is 5.91 Å². The van der Waals surface area contributed by atoms with Gasteiger partial charge in [-0.25, -0.2) is 5.43 Å². The van der Waals surface area contributed by atoms with Gasteiger partial charge in [-0.05, 0) is 30.7 Å². The van der Waals surface area contributed by atoms with Gasteiger partial charge in [0.2, 0.25) is 5.91 Å². The van der Waals surface area contributed by atoms with E-state index in [9.17, 15) is 9.59 Å². The molecule has 2 atom stereocenters. The summed E-state index contributed by atoms with van der Waals surface area (Å²) in [5, 5.41) is 6.97. The molecule has 2 aliphatic rings. The van der Waals surface area contributed by atoms with Gasteiger partial charge >= 0.3 is 0 Å². The van der Waals surface area contributed by atoms with Crippen molar-refractivity contribution in [3.8, 4) is 11.5 Å². The standard InChI is InChI=1S/C21H21N3O4/c1-13(15-7-8-17-18(11-15)28-10-9-27-17)23-24-21(26)19-16(12-22-20(19)25)14-5-3-2-4-6-14/h2-8,11,16,19H,9-10,12H2,1H3,(H,22,25)(H,24,26)/b23-13-. The number of amides is 2. The molecule has 4 rings (SSSR count). The van der Waals surface area contributed by atoms with Gasteiger partial charge in [0.05, 0.1) is 5.71 Å². The zero-order valence-electron chi connectivity index (χ0n) is 15.5. The zero-order chi connectivity index (χ0) is 19.5. The first-order chi connectivity index (χ1) is 13.6. The van der Waals surface area contributed by atoms with Crippen LogP contribution in [0.2, 0.25) is 0 Å². The summed E-state index contributed by atoms with van der Waals surface area (Å²) in [7, 11) is 0. The summed E-state index contributed by atoms with van der Waals surface area (Å²) in [5.41, 5.74) is 4.92. The molecule has 1 fully saturated rings. The molecule has 0 saturated carbocycles. The number of hydrogen-bond acceptors (Lipinski definition) is 5. The highest BCUT2D eigenvalue weighted by molar-refractivity contribution is 6.04. The van der Waals surface area contributed by atoms with Crippen LogP contribution in [0.1, 0.15) is 24.0 Å². The van der Waals surface area contributed by atoms with E-state index in [4.69, 9.17) is 9.47 Å². The molecule has 0 aromatic heterocycles. The molecular weight excluding hydrogens is 358 g/mol. The predicted octanol–water partition coefficient (Wildman–Crippen LogP) is 1.83. The van der Waals surface area contributed by atoms with Gasteiger partial charge in [0.15, 0.2) is 11.5 Å². The van der Waals surface area contributed by atoms with Gasteiger partial charge in [-0.3, -0.25) is 9.59 Å². The highest BCUT2D eigenvalue weighted by atomic mass is 16.6. The Hall–Kier alpha value is -3.35. The van der Waals surface area contributed by atoms with Crippen molar-refractivity contribution in [2.45, 2.75) is 12.8 Å². The van der Waals surface area contributed by atoms with Crippen molar-refractivity contribution in [3.05, 3.63) is 59.7 Å². The molecule has 2 aromatic carbocycles. The molecule has 1 saturated heterocycles. The molecule has 0 aliphatic carbocycles. The van der Waals surface area contributed by atoms with Gasteiger partial charge < -0.3 is 14.8 Å². The minimum absolute atomic E-state index is 0.210. The molecule has 2 N–H and O–H groups in total. The molecule has 2 heterocycles. The first kappa shape index (κ1) is 18.0. The van der Waals surface area contributed by atoms with Crippen LogP contribution in [0, 0.1) is 5.92 Å². The van der Waals surface area contributed by atoms with Crippen LogP contribution < -0.4 is 20.2 Å². The fourth-order valence-electron chi connectivity index (χ4n) is 3.47. The number of carbonyl (C=O) groups is 2. The van der Waals surface area contributed by atoms with Crippen LogP contribution in [0.4, 0.5) is 0 Å². The Balaban J connectivity index is 1.48. The van der Waals surface area contributed by atoms with Gasteiger partial charge in [0, 0.05) is 18.0 Å². The van der Waals surface area contributed by atoms with Crippen LogP contribution in [0.25, 0.3) is 0 Å². The second kappa shape index (κ2) is 7.72. The maximum atomic E-state index is 12.7. The van der Waals surface area contributed by atoms with Crippen LogP contribution in [0.3, 0.4) is 0 Å². The summed E-state index contributed by atoms with van der Waals surface area (Å²) in [5.74, 6) is -0.360. The summed E-state index contributed by atoms with van der Waals surface area (Å²) in [6, 6.07) is 15.1. The van der Waals surface area contributed by atoms with Gasteiger partial charge in [-0.15, -0.1) is 0 Å². The average molecular weight is 379 g/mol. The monoisotopic (exact) mass is 379 g/mol. The number of benzene rings is 2. The topological polar surface area (TPSA) is 89.0 Å². The zero-order valence-corrected chi connectivity index (χ0v) is 15.5. The summed E-state index contributed by atoms with van der Waals surface area (Å²) in [4.78, 5) is 24.9. The molecule has 2 aromatic rings. The van der Waals surface area contributed by atoms with Crippen molar-refractivity contribution in [3.63, 3.8) is 0 Å². The lowest BCUT2D eigenvalue weighted by atomic mass is 9.88. The van der Waals surface area contributed by atoms with E-state index in [0.29, 0.717) is 37.0 Å². The summed E-state index contributed by atoms with van der Waals surface area (Å²) >= 11 is 0. The minimum Gasteiger partial charge on any atom is -0.486 e. The number of nitrogens with zero attached hydrogens (tertiary/aromatic N) is 1. The Morgan fingerprint density at radius 2 is 1.86 bits per heavy atom. The van der Waals surface area contributed by atoms with E-state index in [0.717, 1.165) is 11.1 Å². The van der Waals surface area contributed by atoms with Gasteiger partial charge in [-0.1, -0.05) is 30.3 Å². The third-order valence-corrected chi connectivity index (χ3v) is 4.98. The van der Waals surface area contributed by atoms with Crippen molar-refractivity contribution < 1.29 is 19.1 Å². The van der Waals surface area contributed by atoms with E-state index < -0.39 is 11.8 Å². The molecule has 0 spiro atoms. The Labute approximate surface area is 162 Å². The van der Waals surface area contributed by atoms with Crippen LogP contribution in [-0.4, -0.2) is 37.3 Å². The molecule has 144 valence electrons. The van der Waals surface area contributed by atoms with E-state index in [1.807, 2.05) is 48.5 Å². The van der Waals surface area contributed by atoms with Gasteiger partial charge in [-0.2, -0.15) is 5.10 Å². The van der Waals surface area contributed by atoms with Crippen LogP contribution in [0.15, 0.2) is 53.6 Å². The number of hydrazone groups is 1. The maximum Gasteiger partial charge on any atom is 0.253 e. The third-order valence-electron chi connectivity index (χ3n) is 4.98. The number of nitrogens with one attached hydrogen (secondary N) is 2. The molecule has 2 unspecified atom stereocenters. The van der Waals surface area contributed by atoms with E-state index in [1.165, 1.54) is 0 Å². The number of fused-ring (bicyclic) bond motifs is 1. The Morgan fingerprint density at radius 1 is 1.11 bits per heavy atom. The van der Waals surface area contributed by atoms with E-state index in [1.54, 1.807) is 6.92 Å². The Bertz CT molecular complexity index is 927. The summed E-state index contributed by atoms with van der Waals surface area (Å²) < 4.78 is 11.1. The quantitative estimate of drug-likeness (QED) is 0.482. The smallest absolute Gasteiger partial charge is 0.253 e. The molecule has 28 heavy (non-hydrogen) atoms. The number of ether oxygens (including phenoxy) is 2. The highest BCUT2D eigenvalue weighted by Crippen LogP contribution is 2.31. The van der Waals surface area contributed by atoms with Crippen molar-refractivity contribution in [1.82, 2.24) is 10.7 Å². The van der Waals surface area contributed by atoms with Crippen molar-refractivity contribution in [2.24, 2.45) is 11.0 Å². The maximum absolute atomic E-state index is 12.7. The first-order valence-electron chi connectivity index (χ1n) is 9.20. The van der Waals surface area contributed by atoms with Crippen LogP contribution in [0.5, 0.6) is 11.5 Å². The molecule has 0 radical (unpaired) electrons.